The van der Waals surface area contributed by atoms with E-state index in [0.29, 0.717) is 15.7 Å². The summed E-state index contributed by atoms with van der Waals surface area (Å²) in [6, 6.07) is 13.8. The van der Waals surface area contributed by atoms with Gasteiger partial charge in [0.2, 0.25) is 5.91 Å². The van der Waals surface area contributed by atoms with Crippen LogP contribution in [0.25, 0.3) is 0 Å². The Bertz CT molecular complexity index is 734. The molecule has 0 fully saturated rings. The van der Waals surface area contributed by atoms with E-state index in [-0.39, 0.29) is 12.3 Å². The maximum Gasteiger partial charge on any atom is 0.225 e. The van der Waals surface area contributed by atoms with Gasteiger partial charge in [0.1, 0.15) is 0 Å². The smallest absolute Gasteiger partial charge is 0.225 e. The van der Waals surface area contributed by atoms with Crippen LogP contribution in [0.5, 0.6) is 0 Å². The number of anilines is 1. The fourth-order valence-corrected chi connectivity index (χ4v) is 2.74. The quantitative estimate of drug-likeness (QED) is 0.852. The molecule has 2 rings (SSSR count). The van der Waals surface area contributed by atoms with Gasteiger partial charge in [-0.2, -0.15) is 0 Å². The van der Waals surface area contributed by atoms with Gasteiger partial charge >= 0.3 is 0 Å². The summed E-state index contributed by atoms with van der Waals surface area (Å²) >= 11 is 11.7. The number of amides is 1. The van der Waals surface area contributed by atoms with Gasteiger partial charge in [-0.05, 0) is 29.7 Å². The summed E-state index contributed by atoms with van der Waals surface area (Å²) in [5.74, 6) is -2.97. The summed E-state index contributed by atoms with van der Waals surface area (Å²) in [7, 11) is 0. The molecule has 6 heteroatoms. The average molecular weight is 365 g/mol. The molecule has 4 nitrogen and oxygen atoms in total. The van der Waals surface area contributed by atoms with Gasteiger partial charge in [0.25, 0.3) is 0 Å². The largest absolute Gasteiger partial charge is 0.550 e. The number of nitrogens with one attached hydrogen (secondary N) is 1. The zero-order valence-electron chi connectivity index (χ0n) is 13.0. The van der Waals surface area contributed by atoms with Crippen molar-refractivity contribution in [3.63, 3.8) is 0 Å². The summed E-state index contributed by atoms with van der Waals surface area (Å²) in [6.45, 7) is 1.77. The number of halogens is 2. The van der Waals surface area contributed by atoms with E-state index in [2.05, 4.69) is 5.32 Å². The molecule has 0 heterocycles. The lowest BCUT2D eigenvalue weighted by Crippen LogP contribution is -2.36. The summed E-state index contributed by atoms with van der Waals surface area (Å²) < 4.78 is 0. The molecular weight excluding hydrogens is 349 g/mol. The molecule has 0 saturated heterocycles. The number of hydrogen-bond donors (Lipinski definition) is 1. The van der Waals surface area contributed by atoms with Crippen LogP contribution in [0.3, 0.4) is 0 Å². The number of carboxylic acid groups (broad SMARTS) is 1. The molecule has 2 atom stereocenters. The van der Waals surface area contributed by atoms with Gasteiger partial charge in [0, 0.05) is 24.0 Å². The van der Waals surface area contributed by atoms with Crippen LogP contribution in [-0.4, -0.2) is 11.9 Å². The van der Waals surface area contributed by atoms with E-state index >= 15 is 0 Å². The van der Waals surface area contributed by atoms with E-state index in [0.717, 1.165) is 5.56 Å². The van der Waals surface area contributed by atoms with Crippen molar-refractivity contribution in [2.24, 2.45) is 5.92 Å². The molecule has 2 aromatic carbocycles. The molecule has 0 unspecified atom stereocenters. The molecule has 0 aromatic heterocycles. The Morgan fingerprint density at radius 3 is 2.33 bits per heavy atom. The van der Waals surface area contributed by atoms with Gasteiger partial charge in [-0.1, -0.05) is 60.5 Å². The first-order valence-corrected chi connectivity index (χ1v) is 8.14. The Labute approximate surface area is 150 Å². The predicted molar refractivity (Wildman–Crippen MR) is 93.1 cm³/mol. The van der Waals surface area contributed by atoms with Crippen LogP contribution in [0, 0.1) is 5.92 Å². The third kappa shape index (κ3) is 4.73. The molecule has 126 valence electrons. The van der Waals surface area contributed by atoms with E-state index in [4.69, 9.17) is 23.2 Å². The number of benzene rings is 2. The molecule has 0 aliphatic rings. The van der Waals surface area contributed by atoms with Crippen molar-refractivity contribution in [3.05, 3.63) is 64.1 Å². The Kier molecular flexibility index (Phi) is 6.23. The SMILES string of the molecule is C[C@H](c1ccccc1)[C@H](CC(=O)Nc1ccc(Cl)c(Cl)c1)C(=O)[O-]. The van der Waals surface area contributed by atoms with E-state index in [1.54, 1.807) is 19.1 Å². The minimum Gasteiger partial charge on any atom is -0.550 e. The van der Waals surface area contributed by atoms with Crippen molar-refractivity contribution in [2.45, 2.75) is 19.3 Å². The normalized spacial score (nSPS) is 13.1. The highest BCUT2D eigenvalue weighted by Crippen LogP contribution is 2.28. The lowest BCUT2D eigenvalue weighted by Gasteiger charge is -2.25. The lowest BCUT2D eigenvalue weighted by atomic mass is 9.85. The highest BCUT2D eigenvalue weighted by molar-refractivity contribution is 6.42. The van der Waals surface area contributed by atoms with Crippen LogP contribution in [0.2, 0.25) is 10.0 Å². The van der Waals surface area contributed by atoms with Crippen LogP contribution >= 0.6 is 23.2 Å². The van der Waals surface area contributed by atoms with Crippen molar-refractivity contribution in [2.75, 3.05) is 5.32 Å². The first kappa shape index (κ1) is 18.3. The highest BCUT2D eigenvalue weighted by atomic mass is 35.5. The van der Waals surface area contributed by atoms with Crippen molar-refractivity contribution >= 4 is 40.8 Å². The second kappa shape index (κ2) is 8.18. The third-order valence-corrected chi connectivity index (χ3v) is 4.58. The molecule has 0 aliphatic carbocycles. The molecule has 0 aliphatic heterocycles. The van der Waals surface area contributed by atoms with Crippen LogP contribution in [0.4, 0.5) is 5.69 Å². The second-order valence-corrected chi connectivity index (χ2v) is 6.32. The van der Waals surface area contributed by atoms with Gasteiger partial charge < -0.3 is 15.2 Å². The minimum atomic E-state index is -1.25. The number of hydrogen-bond acceptors (Lipinski definition) is 3. The summed E-state index contributed by atoms with van der Waals surface area (Å²) in [6.07, 6.45) is -0.196. The zero-order valence-corrected chi connectivity index (χ0v) is 14.5. The van der Waals surface area contributed by atoms with Gasteiger partial charge in [0.15, 0.2) is 0 Å². The predicted octanol–water partition coefficient (Wildman–Crippen LogP) is 3.49. The molecule has 0 radical (unpaired) electrons. The third-order valence-electron chi connectivity index (χ3n) is 3.84. The fraction of sp³-hybridized carbons (Fsp3) is 0.222. The molecule has 0 bridgehead atoms. The second-order valence-electron chi connectivity index (χ2n) is 5.51. The number of rotatable bonds is 6. The maximum absolute atomic E-state index is 12.2. The summed E-state index contributed by atoms with van der Waals surface area (Å²) in [4.78, 5) is 23.7. The molecule has 24 heavy (non-hydrogen) atoms. The Morgan fingerprint density at radius 2 is 1.75 bits per heavy atom. The maximum atomic E-state index is 12.2. The van der Waals surface area contributed by atoms with Crippen molar-refractivity contribution in [1.82, 2.24) is 0 Å². The van der Waals surface area contributed by atoms with Crippen LogP contribution in [0.1, 0.15) is 24.8 Å². The zero-order chi connectivity index (χ0) is 17.7. The Hall–Kier alpha value is -2.04. The summed E-state index contributed by atoms with van der Waals surface area (Å²) in [5.41, 5.74) is 1.30. The molecule has 0 spiro atoms. The molecule has 1 N–H and O–H groups in total. The number of carbonyl (C=O) groups excluding carboxylic acids is 2. The minimum absolute atomic E-state index is 0.196. The Morgan fingerprint density at radius 1 is 1.08 bits per heavy atom. The average Bonchev–Trinajstić information content (AvgIpc) is 2.56. The molecule has 1 amide bonds. The van der Waals surface area contributed by atoms with Gasteiger partial charge in [0.05, 0.1) is 10.0 Å². The highest BCUT2D eigenvalue weighted by Gasteiger charge is 2.23. The Balaban J connectivity index is 2.08. The van der Waals surface area contributed by atoms with Crippen molar-refractivity contribution < 1.29 is 14.7 Å². The van der Waals surface area contributed by atoms with Gasteiger partial charge in [-0.3, -0.25) is 4.79 Å². The number of aliphatic carboxylic acids is 1. The molecular formula is C18H16Cl2NO3-. The van der Waals surface area contributed by atoms with Crippen molar-refractivity contribution in [3.8, 4) is 0 Å². The van der Waals surface area contributed by atoms with Gasteiger partial charge in [-0.15, -0.1) is 0 Å². The monoisotopic (exact) mass is 364 g/mol. The van der Waals surface area contributed by atoms with Gasteiger partial charge in [-0.25, -0.2) is 0 Å². The molecule has 0 saturated carbocycles. The number of carboxylic acids is 1. The van der Waals surface area contributed by atoms with E-state index in [1.165, 1.54) is 6.07 Å². The fourth-order valence-electron chi connectivity index (χ4n) is 2.44. The standard InChI is InChI=1S/C18H17Cl2NO3/c1-11(12-5-3-2-4-6-12)14(18(23)24)10-17(22)21-13-7-8-15(19)16(20)9-13/h2-9,11,14H,10H2,1H3,(H,21,22)(H,23,24)/p-1/t11-,14+/m1/s1. The van der Waals surface area contributed by atoms with E-state index < -0.39 is 17.8 Å². The first-order chi connectivity index (χ1) is 11.4. The number of carbonyl (C=O) groups is 2. The molecule has 2 aromatic rings. The van der Waals surface area contributed by atoms with E-state index in [1.807, 2.05) is 30.3 Å². The van der Waals surface area contributed by atoms with Crippen LogP contribution in [0.15, 0.2) is 48.5 Å². The topological polar surface area (TPSA) is 69.2 Å². The van der Waals surface area contributed by atoms with Crippen molar-refractivity contribution in [1.29, 1.82) is 0 Å². The van der Waals surface area contributed by atoms with Crippen LogP contribution < -0.4 is 10.4 Å². The first-order valence-electron chi connectivity index (χ1n) is 7.39. The summed E-state index contributed by atoms with van der Waals surface area (Å²) in [5, 5.41) is 14.8. The van der Waals surface area contributed by atoms with Crippen LogP contribution in [-0.2, 0) is 9.59 Å². The lowest BCUT2D eigenvalue weighted by molar-refractivity contribution is -0.312. The van der Waals surface area contributed by atoms with E-state index in [9.17, 15) is 14.7 Å².